The maximum absolute atomic E-state index is 13.3. The fourth-order valence-corrected chi connectivity index (χ4v) is 2.36. The molecule has 1 fully saturated rings. The third kappa shape index (κ3) is 3.63. The second-order valence-corrected chi connectivity index (χ2v) is 4.44. The van der Waals surface area contributed by atoms with Crippen molar-refractivity contribution in [1.29, 1.82) is 0 Å². The van der Waals surface area contributed by atoms with Crippen molar-refractivity contribution < 1.29 is 14.4 Å². The Morgan fingerprint density at radius 3 is 2.65 bits per heavy atom. The molecule has 1 aromatic carbocycles. The molecule has 112 valence electrons. The topological polar surface area (TPSA) is 78.6 Å². The van der Waals surface area contributed by atoms with Gasteiger partial charge in [0.1, 0.15) is 5.82 Å². The van der Waals surface area contributed by atoms with Crippen molar-refractivity contribution in [1.82, 2.24) is 10.2 Å². The van der Waals surface area contributed by atoms with Gasteiger partial charge in [0.2, 0.25) is 0 Å². The summed E-state index contributed by atoms with van der Waals surface area (Å²) < 4.78 is 13.3. The van der Waals surface area contributed by atoms with E-state index >= 15 is 0 Å². The predicted octanol–water partition coefficient (Wildman–Crippen LogP) is 1.09. The van der Waals surface area contributed by atoms with Gasteiger partial charge >= 0.3 is 0 Å². The standard InChI is InChI=1S/C12H16FN3O3.ClH/c13-9-1-2-11(16(18)19)10(7-9)12(8-17)15-5-3-14-4-6-15;/h1-2,7,12,14,17H,3-6,8H2;1H/t12-;/m1./s1. The highest BCUT2D eigenvalue weighted by atomic mass is 35.5. The molecular weight excluding hydrogens is 289 g/mol. The lowest BCUT2D eigenvalue weighted by Crippen LogP contribution is -2.46. The van der Waals surface area contributed by atoms with Crippen molar-refractivity contribution in [3.05, 3.63) is 39.7 Å². The summed E-state index contributed by atoms with van der Waals surface area (Å²) in [5.74, 6) is -0.533. The first kappa shape index (κ1) is 16.8. The van der Waals surface area contributed by atoms with Crippen LogP contribution < -0.4 is 5.32 Å². The van der Waals surface area contributed by atoms with Crippen molar-refractivity contribution in [3.8, 4) is 0 Å². The van der Waals surface area contributed by atoms with Crippen molar-refractivity contribution >= 4 is 18.1 Å². The van der Waals surface area contributed by atoms with Crippen molar-refractivity contribution in [2.24, 2.45) is 0 Å². The van der Waals surface area contributed by atoms with Gasteiger partial charge in [-0.25, -0.2) is 4.39 Å². The third-order valence-corrected chi connectivity index (χ3v) is 3.31. The molecule has 1 saturated heterocycles. The summed E-state index contributed by atoms with van der Waals surface area (Å²) in [6.45, 7) is 2.56. The number of aliphatic hydroxyl groups excluding tert-OH is 1. The number of nitrogens with zero attached hydrogens (tertiary/aromatic N) is 2. The maximum atomic E-state index is 13.3. The Labute approximate surface area is 122 Å². The van der Waals surface area contributed by atoms with Gasteiger partial charge in [0.05, 0.1) is 23.1 Å². The number of hydrogen-bond acceptors (Lipinski definition) is 5. The normalized spacial score (nSPS) is 17.3. The summed E-state index contributed by atoms with van der Waals surface area (Å²) in [4.78, 5) is 12.4. The zero-order valence-corrected chi connectivity index (χ0v) is 11.6. The van der Waals surface area contributed by atoms with Crippen LogP contribution in [0.4, 0.5) is 10.1 Å². The van der Waals surface area contributed by atoms with Crippen LogP contribution in [-0.2, 0) is 0 Å². The van der Waals surface area contributed by atoms with E-state index in [2.05, 4.69) is 5.32 Å². The smallest absolute Gasteiger partial charge is 0.274 e. The molecule has 1 atom stereocenters. The van der Waals surface area contributed by atoms with Gasteiger partial charge < -0.3 is 10.4 Å². The van der Waals surface area contributed by atoms with E-state index in [1.807, 2.05) is 4.90 Å². The molecule has 0 amide bonds. The van der Waals surface area contributed by atoms with E-state index in [1.165, 1.54) is 0 Å². The number of nitro groups is 1. The summed E-state index contributed by atoms with van der Waals surface area (Å²) in [6, 6.07) is 2.81. The fraction of sp³-hybridized carbons (Fsp3) is 0.500. The van der Waals surface area contributed by atoms with E-state index in [0.717, 1.165) is 31.3 Å². The van der Waals surface area contributed by atoms with Gasteiger partial charge in [-0.05, 0) is 12.1 Å². The second-order valence-electron chi connectivity index (χ2n) is 4.44. The molecule has 20 heavy (non-hydrogen) atoms. The Balaban J connectivity index is 0.00000200. The van der Waals surface area contributed by atoms with Gasteiger partial charge in [0, 0.05) is 32.2 Å². The zero-order chi connectivity index (χ0) is 13.8. The van der Waals surface area contributed by atoms with E-state index in [4.69, 9.17) is 0 Å². The molecule has 0 spiro atoms. The molecule has 1 heterocycles. The first-order chi connectivity index (χ1) is 9.13. The van der Waals surface area contributed by atoms with Crippen LogP contribution in [-0.4, -0.2) is 47.7 Å². The van der Waals surface area contributed by atoms with Gasteiger partial charge in [-0.3, -0.25) is 15.0 Å². The van der Waals surface area contributed by atoms with E-state index in [1.54, 1.807) is 0 Å². The average molecular weight is 306 g/mol. The SMILES string of the molecule is Cl.O=[N+]([O-])c1ccc(F)cc1[C@@H](CO)N1CCNCC1. The van der Waals surface area contributed by atoms with Crippen LogP contribution in [0.5, 0.6) is 0 Å². The van der Waals surface area contributed by atoms with Crippen LogP contribution in [0, 0.1) is 15.9 Å². The van der Waals surface area contributed by atoms with Crippen molar-refractivity contribution in [2.75, 3.05) is 32.8 Å². The number of piperazine rings is 1. The van der Waals surface area contributed by atoms with Gasteiger partial charge in [-0.1, -0.05) is 0 Å². The number of hydrogen-bond donors (Lipinski definition) is 2. The van der Waals surface area contributed by atoms with Crippen LogP contribution in [0.2, 0.25) is 0 Å². The lowest BCUT2D eigenvalue weighted by atomic mass is 10.0. The second kappa shape index (κ2) is 7.49. The van der Waals surface area contributed by atoms with Crippen LogP contribution in [0.3, 0.4) is 0 Å². The Bertz CT molecular complexity index is 469. The summed E-state index contributed by atoms with van der Waals surface area (Å²) in [5.41, 5.74) is 0.0772. The summed E-state index contributed by atoms with van der Waals surface area (Å²) in [6.07, 6.45) is 0. The minimum absolute atomic E-state index is 0. The zero-order valence-electron chi connectivity index (χ0n) is 10.8. The molecule has 2 rings (SSSR count). The summed E-state index contributed by atoms with van der Waals surface area (Å²) in [7, 11) is 0. The molecule has 6 nitrogen and oxygen atoms in total. The number of nitro benzene ring substituents is 1. The van der Waals surface area contributed by atoms with Gasteiger partial charge in [0.15, 0.2) is 0 Å². The van der Waals surface area contributed by atoms with Crippen LogP contribution in [0.1, 0.15) is 11.6 Å². The van der Waals surface area contributed by atoms with Gasteiger partial charge in [0.25, 0.3) is 5.69 Å². The molecule has 0 radical (unpaired) electrons. The number of rotatable bonds is 4. The van der Waals surface area contributed by atoms with E-state index in [-0.39, 0.29) is 30.3 Å². The predicted molar refractivity (Wildman–Crippen MR) is 74.6 cm³/mol. The summed E-state index contributed by atoms with van der Waals surface area (Å²) in [5, 5.41) is 23.7. The minimum atomic E-state index is -0.543. The molecule has 2 N–H and O–H groups in total. The maximum Gasteiger partial charge on any atom is 0.274 e. The molecule has 0 aliphatic carbocycles. The molecule has 1 aromatic rings. The van der Waals surface area contributed by atoms with E-state index in [9.17, 15) is 19.6 Å². The Kier molecular flexibility index (Phi) is 6.28. The lowest BCUT2D eigenvalue weighted by molar-refractivity contribution is -0.386. The molecule has 1 aliphatic heterocycles. The van der Waals surface area contributed by atoms with Gasteiger partial charge in [-0.2, -0.15) is 0 Å². The Morgan fingerprint density at radius 2 is 2.10 bits per heavy atom. The monoisotopic (exact) mass is 305 g/mol. The average Bonchev–Trinajstić information content (AvgIpc) is 2.40. The number of halogens is 2. The third-order valence-electron chi connectivity index (χ3n) is 3.31. The number of benzene rings is 1. The molecule has 8 heteroatoms. The van der Waals surface area contributed by atoms with Crippen LogP contribution in [0.25, 0.3) is 0 Å². The Morgan fingerprint density at radius 1 is 1.45 bits per heavy atom. The fourth-order valence-electron chi connectivity index (χ4n) is 2.36. The van der Waals surface area contributed by atoms with Crippen LogP contribution >= 0.6 is 12.4 Å². The highest BCUT2D eigenvalue weighted by molar-refractivity contribution is 5.85. The van der Waals surface area contributed by atoms with Crippen molar-refractivity contribution in [2.45, 2.75) is 6.04 Å². The molecule has 0 saturated carbocycles. The quantitative estimate of drug-likeness (QED) is 0.643. The lowest BCUT2D eigenvalue weighted by Gasteiger charge is -2.33. The first-order valence-corrected chi connectivity index (χ1v) is 6.13. The summed E-state index contributed by atoms with van der Waals surface area (Å²) >= 11 is 0. The van der Waals surface area contributed by atoms with E-state index < -0.39 is 16.8 Å². The molecule has 0 unspecified atom stereocenters. The minimum Gasteiger partial charge on any atom is -0.394 e. The molecule has 0 aromatic heterocycles. The van der Waals surface area contributed by atoms with Crippen LogP contribution in [0.15, 0.2) is 18.2 Å². The largest absolute Gasteiger partial charge is 0.394 e. The Hall–Kier alpha value is -1.28. The molecule has 0 bridgehead atoms. The van der Waals surface area contributed by atoms with Crippen molar-refractivity contribution in [3.63, 3.8) is 0 Å². The number of nitrogens with one attached hydrogen (secondary N) is 1. The molecular formula is C12H17ClFN3O3. The highest BCUT2D eigenvalue weighted by Gasteiger charge is 2.28. The van der Waals surface area contributed by atoms with E-state index in [0.29, 0.717) is 13.1 Å². The number of aliphatic hydroxyl groups is 1. The molecule has 1 aliphatic rings. The first-order valence-electron chi connectivity index (χ1n) is 6.13. The highest BCUT2D eigenvalue weighted by Crippen LogP contribution is 2.30. The van der Waals surface area contributed by atoms with Gasteiger partial charge in [-0.15, -0.1) is 12.4 Å².